The number of nitrogens with zero attached hydrogens (tertiary/aromatic N) is 2. The van der Waals surface area contributed by atoms with Gasteiger partial charge in [0.25, 0.3) is 5.91 Å². The number of nitrogens with one attached hydrogen (secondary N) is 1. The van der Waals surface area contributed by atoms with Crippen LogP contribution < -0.4 is 5.32 Å². The van der Waals surface area contributed by atoms with Crippen molar-refractivity contribution in [2.45, 2.75) is 32.1 Å². The maximum Gasteiger partial charge on any atom is 0.316 e. The van der Waals surface area contributed by atoms with Crippen LogP contribution in [-0.4, -0.2) is 33.8 Å². The predicted octanol–water partition coefficient (Wildman–Crippen LogP) is 4.30. The van der Waals surface area contributed by atoms with Gasteiger partial charge in [-0.05, 0) is 35.7 Å². The van der Waals surface area contributed by atoms with Gasteiger partial charge in [0, 0.05) is 18.1 Å². The standard InChI is InChI=1S/C22H24ClN3O3S/c1-15(2)12-26-19-6-4-3-5-18(19)25-22(26)30-14-21(28)29-13-20(27)24-11-16-7-9-17(23)10-8-16/h3-10,15H,11-14H2,1-2H3,(H,24,27). The molecule has 0 bridgehead atoms. The van der Waals surface area contributed by atoms with Crippen LogP contribution in [0.2, 0.25) is 5.02 Å². The molecule has 0 unspecified atom stereocenters. The van der Waals surface area contributed by atoms with E-state index in [0.29, 0.717) is 17.5 Å². The normalized spacial score (nSPS) is 11.1. The van der Waals surface area contributed by atoms with E-state index in [0.717, 1.165) is 28.3 Å². The van der Waals surface area contributed by atoms with Crippen LogP contribution in [0.4, 0.5) is 0 Å². The van der Waals surface area contributed by atoms with Gasteiger partial charge < -0.3 is 14.6 Å². The first-order chi connectivity index (χ1) is 14.4. The van der Waals surface area contributed by atoms with E-state index in [1.54, 1.807) is 12.1 Å². The Morgan fingerprint density at radius 1 is 1.17 bits per heavy atom. The van der Waals surface area contributed by atoms with Crippen LogP contribution in [0.3, 0.4) is 0 Å². The third-order valence-electron chi connectivity index (χ3n) is 4.25. The molecule has 30 heavy (non-hydrogen) atoms. The molecule has 8 heteroatoms. The molecule has 1 amide bonds. The number of ether oxygens (including phenoxy) is 1. The number of halogens is 1. The molecule has 2 aromatic carbocycles. The summed E-state index contributed by atoms with van der Waals surface area (Å²) in [5, 5.41) is 4.12. The fraction of sp³-hybridized carbons (Fsp3) is 0.318. The van der Waals surface area contributed by atoms with E-state index >= 15 is 0 Å². The van der Waals surface area contributed by atoms with E-state index in [-0.39, 0.29) is 18.3 Å². The molecular weight excluding hydrogens is 422 g/mol. The number of hydrogen-bond acceptors (Lipinski definition) is 5. The van der Waals surface area contributed by atoms with Crippen LogP contribution in [-0.2, 0) is 27.4 Å². The zero-order valence-corrected chi connectivity index (χ0v) is 18.5. The fourth-order valence-corrected chi connectivity index (χ4v) is 3.82. The monoisotopic (exact) mass is 445 g/mol. The fourth-order valence-electron chi connectivity index (χ4n) is 2.87. The van der Waals surface area contributed by atoms with E-state index in [1.165, 1.54) is 11.8 Å². The van der Waals surface area contributed by atoms with Gasteiger partial charge in [0.05, 0.1) is 16.8 Å². The lowest BCUT2D eigenvalue weighted by Crippen LogP contribution is -2.28. The Balaban J connectivity index is 1.48. The molecule has 6 nitrogen and oxygen atoms in total. The van der Waals surface area contributed by atoms with Gasteiger partial charge in [-0.2, -0.15) is 0 Å². The molecule has 1 N–H and O–H groups in total. The van der Waals surface area contributed by atoms with Crippen LogP contribution >= 0.6 is 23.4 Å². The quantitative estimate of drug-likeness (QED) is 0.392. The van der Waals surface area contributed by atoms with Gasteiger partial charge in [-0.25, -0.2) is 4.98 Å². The number of aromatic nitrogens is 2. The molecule has 1 aromatic heterocycles. The average Bonchev–Trinajstić information content (AvgIpc) is 3.07. The lowest BCUT2D eigenvalue weighted by Gasteiger charge is -2.11. The topological polar surface area (TPSA) is 73.2 Å². The molecule has 0 fully saturated rings. The van der Waals surface area contributed by atoms with E-state index in [1.807, 2.05) is 36.4 Å². The summed E-state index contributed by atoms with van der Waals surface area (Å²) in [6, 6.07) is 15.1. The van der Waals surface area contributed by atoms with Crippen molar-refractivity contribution in [3.63, 3.8) is 0 Å². The number of hydrogen-bond donors (Lipinski definition) is 1. The molecule has 158 valence electrons. The first-order valence-corrected chi connectivity index (χ1v) is 11.0. The SMILES string of the molecule is CC(C)Cn1c(SCC(=O)OCC(=O)NCc2ccc(Cl)cc2)nc2ccccc21. The van der Waals surface area contributed by atoms with Crippen LogP contribution in [0, 0.1) is 5.92 Å². The average molecular weight is 446 g/mol. The molecule has 3 aromatic rings. The minimum Gasteiger partial charge on any atom is -0.455 e. The maximum absolute atomic E-state index is 12.1. The largest absolute Gasteiger partial charge is 0.455 e. The summed E-state index contributed by atoms with van der Waals surface area (Å²) in [5.74, 6) is -0.273. The Hall–Kier alpha value is -2.51. The Morgan fingerprint density at radius 3 is 2.63 bits per heavy atom. The summed E-state index contributed by atoms with van der Waals surface area (Å²) >= 11 is 7.16. The Labute approximate surface area is 185 Å². The number of carbonyl (C=O) groups is 2. The van der Waals surface area contributed by atoms with Crippen LogP contribution in [0.5, 0.6) is 0 Å². The molecule has 0 aliphatic heterocycles. The van der Waals surface area contributed by atoms with Gasteiger partial charge in [0.2, 0.25) is 0 Å². The van der Waals surface area contributed by atoms with Crippen LogP contribution in [0.25, 0.3) is 11.0 Å². The summed E-state index contributed by atoms with van der Waals surface area (Å²) in [6.07, 6.45) is 0. The Bertz CT molecular complexity index is 1020. The second-order valence-electron chi connectivity index (χ2n) is 7.24. The molecule has 0 atom stereocenters. The second kappa shape index (κ2) is 10.5. The van der Waals surface area contributed by atoms with Crippen molar-refractivity contribution in [1.82, 2.24) is 14.9 Å². The summed E-state index contributed by atoms with van der Waals surface area (Å²) < 4.78 is 7.22. The lowest BCUT2D eigenvalue weighted by molar-refractivity contribution is -0.145. The lowest BCUT2D eigenvalue weighted by atomic mass is 10.2. The molecule has 0 saturated carbocycles. The summed E-state index contributed by atoms with van der Waals surface area (Å²) in [7, 11) is 0. The second-order valence-corrected chi connectivity index (χ2v) is 8.62. The van der Waals surface area contributed by atoms with Gasteiger partial charge in [-0.1, -0.05) is 61.5 Å². The van der Waals surface area contributed by atoms with Crippen molar-refractivity contribution >= 4 is 46.3 Å². The molecule has 0 aliphatic rings. The first-order valence-electron chi connectivity index (χ1n) is 9.67. The Morgan fingerprint density at radius 2 is 1.90 bits per heavy atom. The van der Waals surface area contributed by atoms with E-state index in [9.17, 15) is 9.59 Å². The number of benzene rings is 2. The van der Waals surface area contributed by atoms with Crippen molar-refractivity contribution < 1.29 is 14.3 Å². The highest BCUT2D eigenvalue weighted by atomic mass is 35.5. The number of fused-ring (bicyclic) bond motifs is 1. The van der Waals surface area contributed by atoms with E-state index in [2.05, 4.69) is 28.7 Å². The van der Waals surface area contributed by atoms with Gasteiger partial charge in [0.1, 0.15) is 0 Å². The number of carbonyl (C=O) groups excluding carboxylic acids is 2. The zero-order chi connectivity index (χ0) is 21.5. The van der Waals surface area contributed by atoms with Gasteiger partial charge in [-0.15, -0.1) is 0 Å². The minimum atomic E-state index is -0.454. The number of esters is 1. The highest BCUT2D eigenvalue weighted by Crippen LogP contribution is 2.25. The first kappa shape index (κ1) is 22.2. The number of imidazole rings is 1. The number of rotatable bonds is 9. The number of para-hydroxylation sites is 2. The van der Waals surface area contributed by atoms with Gasteiger partial charge in [0.15, 0.2) is 11.8 Å². The van der Waals surface area contributed by atoms with Crippen molar-refractivity contribution in [2.24, 2.45) is 5.92 Å². The third-order valence-corrected chi connectivity index (χ3v) is 5.46. The highest BCUT2D eigenvalue weighted by Gasteiger charge is 2.15. The molecule has 1 heterocycles. The van der Waals surface area contributed by atoms with Crippen molar-refractivity contribution in [3.8, 4) is 0 Å². The van der Waals surface area contributed by atoms with E-state index < -0.39 is 5.97 Å². The third kappa shape index (κ3) is 6.24. The minimum absolute atomic E-state index is 0.0892. The molecule has 3 rings (SSSR count). The molecular formula is C22H24ClN3O3S. The molecule has 0 radical (unpaired) electrons. The molecule has 0 spiro atoms. The molecule has 0 aliphatic carbocycles. The number of amides is 1. The van der Waals surface area contributed by atoms with Crippen LogP contribution in [0.1, 0.15) is 19.4 Å². The number of thioether (sulfide) groups is 1. The van der Waals surface area contributed by atoms with Crippen molar-refractivity contribution in [1.29, 1.82) is 0 Å². The molecule has 0 saturated heterocycles. The van der Waals surface area contributed by atoms with Gasteiger partial charge in [-0.3, -0.25) is 9.59 Å². The maximum atomic E-state index is 12.1. The summed E-state index contributed by atoms with van der Waals surface area (Å²) in [5.41, 5.74) is 2.86. The van der Waals surface area contributed by atoms with E-state index in [4.69, 9.17) is 16.3 Å². The highest BCUT2D eigenvalue weighted by molar-refractivity contribution is 7.99. The summed E-state index contributed by atoms with van der Waals surface area (Å²) in [6.45, 7) is 5.13. The Kier molecular flexibility index (Phi) is 7.76. The van der Waals surface area contributed by atoms with Gasteiger partial charge >= 0.3 is 5.97 Å². The van der Waals surface area contributed by atoms with Crippen LogP contribution in [0.15, 0.2) is 53.7 Å². The van der Waals surface area contributed by atoms with Crippen molar-refractivity contribution in [2.75, 3.05) is 12.4 Å². The van der Waals surface area contributed by atoms with Crippen molar-refractivity contribution in [3.05, 3.63) is 59.1 Å². The summed E-state index contributed by atoms with van der Waals surface area (Å²) in [4.78, 5) is 28.7. The predicted molar refractivity (Wildman–Crippen MR) is 120 cm³/mol. The smallest absolute Gasteiger partial charge is 0.316 e. The zero-order valence-electron chi connectivity index (χ0n) is 16.9.